The van der Waals surface area contributed by atoms with Gasteiger partial charge in [-0.25, -0.2) is 4.79 Å². The zero-order chi connectivity index (χ0) is 63.3. The van der Waals surface area contributed by atoms with Gasteiger partial charge in [0.25, 0.3) is 6.29 Å². The standard InChI is InChI=1S/C78H133NO8/c1-6-8-10-12-14-16-18-20-22-24-26-28-30-32-34-35-36-37-38-39-40-41-43-45-47-49-51-53-55-57-59-61-63-65-67-69-76(81)87-74(73-86-78(77(82)83)84-71-70-79(3,4)5)72-85-75(80)68-66-64-62-60-58-56-54-52-50-48-46-44-42-33-31-29-27-25-23-21-19-17-15-13-11-9-7-2/h8,10,14,16,19-22,25-28,31-34,36-37,39-40,74,78H,6-7,9,11-13,15,17-18,23-24,29-30,35,38,41-73H2,1-5H3/p+1/b10-8-,16-14-,21-19-,22-20-,27-25-,28-26-,33-31-,34-32-,37-36-,40-39-. The Morgan fingerprint density at radius 3 is 0.977 bits per heavy atom. The fourth-order valence-electron chi connectivity index (χ4n) is 9.77. The van der Waals surface area contributed by atoms with Crippen LogP contribution >= 0.6 is 0 Å². The average molecular weight is 1210 g/mol. The van der Waals surface area contributed by atoms with E-state index in [9.17, 15) is 19.5 Å². The van der Waals surface area contributed by atoms with Gasteiger partial charge in [-0.1, -0.05) is 296 Å². The van der Waals surface area contributed by atoms with E-state index >= 15 is 0 Å². The fraction of sp³-hybridized carbons (Fsp3) is 0.705. The van der Waals surface area contributed by atoms with Crippen LogP contribution in [0.4, 0.5) is 0 Å². The third-order valence-corrected chi connectivity index (χ3v) is 15.2. The molecule has 0 fully saturated rings. The number of nitrogens with zero attached hydrogens (tertiary/aromatic N) is 1. The number of carboxylic acid groups (broad SMARTS) is 1. The van der Waals surface area contributed by atoms with Crippen molar-refractivity contribution < 1.29 is 42.9 Å². The Morgan fingerprint density at radius 2 is 0.655 bits per heavy atom. The van der Waals surface area contributed by atoms with Crippen LogP contribution < -0.4 is 0 Å². The monoisotopic (exact) mass is 1210 g/mol. The SMILES string of the molecule is CC/C=C\C/C=C\C/C=C\C/C=C\C/C=C\C/C=C\C/C=C\CCCCCCCCCCCCCCCC(=O)OC(COC(=O)CCCCCCCCCCCCCC/C=C\C/C=C\C/C=C\CCCCCCC)COC(OCC[N+](C)(C)C)C(=O)O. The second-order valence-electron chi connectivity index (χ2n) is 24.8. The van der Waals surface area contributed by atoms with Crippen molar-refractivity contribution in [3.05, 3.63) is 122 Å². The molecule has 2 atom stereocenters. The van der Waals surface area contributed by atoms with Crippen LogP contribution in [-0.2, 0) is 33.3 Å². The van der Waals surface area contributed by atoms with Crippen molar-refractivity contribution in [2.75, 3.05) is 47.5 Å². The molecule has 0 aromatic carbocycles. The summed E-state index contributed by atoms with van der Waals surface area (Å²) in [5.74, 6) is -2.01. The lowest BCUT2D eigenvalue weighted by Gasteiger charge is -2.25. The molecule has 0 spiro atoms. The molecule has 1 N–H and O–H groups in total. The van der Waals surface area contributed by atoms with Gasteiger partial charge in [-0.15, -0.1) is 0 Å². The number of unbranched alkanes of at least 4 members (excludes halogenated alkanes) is 30. The minimum atomic E-state index is -1.52. The number of hydrogen-bond acceptors (Lipinski definition) is 7. The average Bonchev–Trinajstić information content (AvgIpc) is 3.56. The smallest absolute Gasteiger partial charge is 0.361 e. The molecule has 0 amide bonds. The van der Waals surface area contributed by atoms with Crippen LogP contribution in [0.3, 0.4) is 0 Å². The van der Waals surface area contributed by atoms with Gasteiger partial charge in [-0.3, -0.25) is 9.59 Å². The molecule has 0 rings (SSSR count). The number of esters is 2. The van der Waals surface area contributed by atoms with E-state index in [0.717, 1.165) is 96.3 Å². The van der Waals surface area contributed by atoms with Crippen molar-refractivity contribution >= 4 is 17.9 Å². The summed E-state index contributed by atoms with van der Waals surface area (Å²) in [6.45, 7) is 4.77. The number of quaternary nitrogens is 1. The van der Waals surface area contributed by atoms with Gasteiger partial charge >= 0.3 is 17.9 Å². The number of carboxylic acids is 1. The van der Waals surface area contributed by atoms with Crippen LogP contribution in [-0.4, -0.2) is 87.4 Å². The van der Waals surface area contributed by atoms with Crippen molar-refractivity contribution in [1.82, 2.24) is 0 Å². The molecule has 2 unspecified atom stereocenters. The largest absolute Gasteiger partial charge is 0.477 e. The first kappa shape index (κ1) is 82.7. The molecular formula is C78H134NO8+. The maximum Gasteiger partial charge on any atom is 0.361 e. The first-order valence-corrected chi connectivity index (χ1v) is 35.7. The molecule has 0 aliphatic rings. The van der Waals surface area contributed by atoms with E-state index in [1.807, 2.05) is 21.1 Å². The van der Waals surface area contributed by atoms with Crippen molar-refractivity contribution in [3.8, 4) is 0 Å². The summed E-state index contributed by atoms with van der Waals surface area (Å²) < 4.78 is 23.0. The van der Waals surface area contributed by atoms with E-state index in [2.05, 4.69) is 135 Å². The van der Waals surface area contributed by atoms with Crippen molar-refractivity contribution in [2.45, 2.75) is 309 Å². The van der Waals surface area contributed by atoms with Crippen LogP contribution in [0.15, 0.2) is 122 Å². The molecule has 0 aliphatic heterocycles. The molecule has 0 aliphatic carbocycles. The summed E-state index contributed by atoms with van der Waals surface area (Å²) in [7, 11) is 5.98. The molecule has 0 bridgehead atoms. The summed E-state index contributed by atoms with van der Waals surface area (Å²) in [5.41, 5.74) is 0. The third kappa shape index (κ3) is 69.0. The van der Waals surface area contributed by atoms with Gasteiger partial charge in [0.05, 0.1) is 34.4 Å². The maximum absolute atomic E-state index is 13.0. The summed E-state index contributed by atoms with van der Waals surface area (Å²) in [4.78, 5) is 37.7. The summed E-state index contributed by atoms with van der Waals surface area (Å²) in [6.07, 6.45) is 93.0. The second kappa shape index (κ2) is 67.6. The maximum atomic E-state index is 13.0. The number of likely N-dealkylation sites (N-methyl/N-ethyl adjacent to an activating group) is 1. The number of carbonyl (C=O) groups is 3. The van der Waals surface area contributed by atoms with E-state index in [-0.39, 0.29) is 32.2 Å². The normalized spacial score (nSPS) is 13.4. The molecule has 0 saturated heterocycles. The van der Waals surface area contributed by atoms with Gasteiger partial charge < -0.3 is 28.5 Å². The van der Waals surface area contributed by atoms with Crippen LogP contribution in [0.1, 0.15) is 296 Å². The Balaban J connectivity index is 4.13. The highest BCUT2D eigenvalue weighted by Gasteiger charge is 2.25. The first-order chi connectivity index (χ1) is 42.6. The van der Waals surface area contributed by atoms with Crippen LogP contribution in [0.25, 0.3) is 0 Å². The van der Waals surface area contributed by atoms with E-state index < -0.39 is 24.3 Å². The molecule has 0 heterocycles. The van der Waals surface area contributed by atoms with E-state index in [0.29, 0.717) is 23.9 Å². The molecular weight excluding hydrogens is 1080 g/mol. The van der Waals surface area contributed by atoms with Crippen LogP contribution in [0, 0.1) is 0 Å². The summed E-state index contributed by atoms with van der Waals surface area (Å²) >= 11 is 0. The van der Waals surface area contributed by atoms with Gasteiger partial charge in [0.2, 0.25) is 0 Å². The van der Waals surface area contributed by atoms with Crippen molar-refractivity contribution in [3.63, 3.8) is 0 Å². The summed E-state index contributed by atoms with van der Waals surface area (Å²) in [5, 5.41) is 9.75. The topological polar surface area (TPSA) is 108 Å². The number of aliphatic carboxylic acids is 1. The summed E-state index contributed by atoms with van der Waals surface area (Å²) in [6, 6.07) is 0. The molecule has 0 aromatic rings. The number of hydrogen-bond donors (Lipinski definition) is 1. The lowest BCUT2D eigenvalue weighted by Crippen LogP contribution is -2.40. The van der Waals surface area contributed by atoms with Crippen molar-refractivity contribution in [1.29, 1.82) is 0 Å². The fourth-order valence-corrected chi connectivity index (χ4v) is 9.77. The number of allylic oxidation sites excluding steroid dienone is 20. The highest BCUT2D eigenvalue weighted by atomic mass is 16.7. The minimum Gasteiger partial charge on any atom is -0.477 e. The molecule has 0 aromatic heterocycles. The predicted molar refractivity (Wildman–Crippen MR) is 373 cm³/mol. The van der Waals surface area contributed by atoms with Crippen LogP contribution in [0.2, 0.25) is 0 Å². The van der Waals surface area contributed by atoms with Gasteiger partial charge in [0, 0.05) is 12.8 Å². The van der Waals surface area contributed by atoms with E-state index in [1.54, 1.807) is 0 Å². The first-order valence-electron chi connectivity index (χ1n) is 35.7. The molecule has 9 heteroatoms. The van der Waals surface area contributed by atoms with E-state index in [4.69, 9.17) is 18.9 Å². The molecule has 0 radical (unpaired) electrons. The van der Waals surface area contributed by atoms with Crippen LogP contribution in [0.5, 0.6) is 0 Å². The second-order valence-corrected chi connectivity index (χ2v) is 24.8. The molecule has 87 heavy (non-hydrogen) atoms. The third-order valence-electron chi connectivity index (χ3n) is 15.2. The number of carbonyl (C=O) groups excluding carboxylic acids is 2. The Kier molecular flexibility index (Phi) is 64.3. The van der Waals surface area contributed by atoms with Crippen molar-refractivity contribution in [2.24, 2.45) is 0 Å². The van der Waals surface area contributed by atoms with Gasteiger partial charge in [0.1, 0.15) is 13.2 Å². The van der Waals surface area contributed by atoms with Gasteiger partial charge in [-0.2, -0.15) is 0 Å². The van der Waals surface area contributed by atoms with Gasteiger partial charge in [-0.05, 0) is 109 Å². The van der Waals surface area contributed by atoms with Gasteiger partial charge in [0.15, 0.2) is 6.10 Å². The number of rotatable bonds is 65. The Morgan fingerprint density at radius 1 is 0.356 bits per heavy atom. The Bertz CT molecular complexity index is 1840. The Labute approximate surface area is 536 Å². The quantitative estimate of drug-likeness (QED) is 0.0211. The lowest BCUT2D eigenvalue weighted by molar-refractivity contribution is -0.870. The molecule has 498 valence electrons. The van der Waals surface area contributed by atoms with E-state index in [1.165, 1.54) is 167 Å². The Hall–Kier alpha value is -4.31. The molecule has 0 saturated carbocycles. The predicted octanol–water partition coefficient (Wildman–Crippen LogP) is 22.4. The zero-order valence-electron chi connectivity index (χ0n) is 56.9. The zero-order valence-corrected chi connectivity index (χ0v) is 56.9. The minimum absolute atomic E-state index is 0.183. The lowest BCUT2D eigenvalue weighted by atomic mass is 10.0. The molecule has 9 nitrogen and oxygen atoms in total. The highest BCUT2D eigenvalue weighted by molar-refractivity contribution is 5.71. The highest BCUT2D eigenvalue weighted by Crippen LogP contribution is 2.17. The number of ether oxygens (including phenoxy) is 4.